The van der Waals surface area contributed by atoms with Crippen LogP contribution in [0, 0.1) is 0 Å². The SMILES string of the molecule is N[C@H]1CC[C@H](NC(=O)c2ccc3[nH]ccc3c2)CC1. The molecule has 1 fully saturated rings. The number of H-pyrrole nitrogens is 1. The summed E-state index contributed by atoms with van der Waals surface area (Å²) in [5.41, 5.74) is 7.65. The van der Waals surface area contributed by atoms with Gasteiger partial charge in [-0.3, -0.25) is 4.79 Å². The highest BCUT2D eigenvalue weighted by atomic mass is 16.1. The first-order valence-electron chi connectivity index (χ1n) is 6.86. The number of hydrogen-bond acceptors (Lipinski definition) is 2. The molecule has 2 aromatic rings. The summed E-state index contributed by atoms with van der Waals surface area (Å²) in [5.74, 6) is 0.0172. The predicted octanol–water partition coefficient (Wildman–Crippen LogP) is 2.17. The average Bonchev–Trinajstić information content (AvgIpc) is 2.88. The Labute approximate surface area is 112 Å². The molecule has 4 nitrogen and oxygen atoms in total. The molecule has 0 spiro atoms. The summed E-state index contributed by atoms with van der Waals surface area (Å²) in [6.07, 6.45) is 5.86. The standard InChI is InChI=1S/C15H19N3O/c16-12-2-4-13(5-3-12)18-15(19)11-1-6-14-10(9-11)7-8-17-14/h1,6-9,12-13,17H,2-5,16H2,(H,18,19)/t12-,13-. The number of amides is 1. The van der Waals surface area contributed by atoms with Gasteiger partial charge in [-0.25, -0.2) is 0 Å². The van der Waals surface area contributed by atoms with Gasteiger partial charge in [0.25, 0.3) is 5.91 Å². The first-order valence-corrected chi connectivity index (χ1v) is 6.86. The van der Waals surface area contributed by atoms with Gasteiger partial charge in [-0.15, -0.1) is 0 Å². The lowest BCUT2D eigenvalue weighted by Gasteiger charge is -2.26. The average molecular weight is 257 g/mol. The van der Waals surface area contributed by atoms with Crippen molar-refractivity contribution in [1.82, 2.24) is 10.3 Å². The highest BCUT2D eigenvalue weighted by molar-refractivity contribution is 5.98. The highest BCUT2D eigenvalue weighted by Gasteiger charge is 2.20. The van der Waals surface area contributed by atoms with Gasteiger partial charge in [0.2, 0.25) is 0 Å². The Morgan fingerprint density at radius 1 is 1.21 bits per heavy atom. The summed E-state index contributed by atoms with van der Waals surface area (Å²) in [5, 5.41) is 4.18. The maximum absolute atomic E-state index is 12.2. The fraction of sp³-hybridized carbons (Fsp3) is 0.400. The van der Waals surface area contributed by atoms with E-state index < -0.39 is 0 Å². The molecule has 1 aromatic heterocycles. The van der Waals surface area contributed by atoms with E-state index >= 15 is 0 Å². The van der Waals surface area contributed by atoms with E-state index in [0.29, 0.717) is 6.04 Å². The molecule has 4 heteroatoms. The van der Waals surface area contributed by atoms with Gasteiger partial charge in [0.1, 0.15) is 0 Å². The third-order valence-electron chi connectivity index (χ3n) is 3.92. The van der Waals surface area contributed by atoms with Crippen molar-refractivity contribution in [3.8, 4) is 0 Å². The van der Waals surface area contributed by atoms with Gasteiger partial charge >= 0.3 is 0 Å². The topological polar surface area (TPSA) is 70.9 Å². The van der Waals surface area contributed by atoms with Crippen LogP contribution in [0.25, 0.3) is 10.9 Å². The third-order valence-corrected chi connectivity index (χ3v) is 3.92. The van der Waals surface area contributed by atoms with Gasteiger partial charge < -0.3 is 16.0 Å². The molecule has 100 valence electrons. The lowest BCUT2D eigenvalue weighted by Crippen LogP contribution is -2.40. The van der Waals surface area contributed by atoms with Crippen LogP contribution in [0.5, 0.6) is 0 Å². The smallest absolute Gasteiger partial charge is 0.251 e. The van der Waals surface area contributed by atoms with Crippen LogP contribution in [0.2, 0.25) is 0 Å². The van der Waals surface area contributed by atoms with Crippen molar-refractivity contribution in [2.24, 2.45) is 5.73 Å². The molecular formula is C15H19N3O. The minimum Gasteiger partial charge on any atom is -0.361 e. The van der Waals surface area contributed by atoms with Gasteiger partial charge in [-0.1, -0.05) is 0 Å². The zero-order valence-electron chi connectivity index (χ0n) is 10.9. The Balaban J connectivity index is 1.69. The molecule has 19 heavy (non-hydrogen) atoms. The second-order valence-corrected chi connectivity index (χ2v) is 5.36. The molecule has 1 saturated carbocycles. The van der Waals surface area contributed by atoms with E-state index in [4.69, 9.17) is 5.73 Å². The summed E-state index contributed by atoms with van der Waals surface area (Å²) in [6, 6.07) is 8.30. The van der Waals surface area contributed by atoms with Crippen LogP contribution < -0.4 is 11.1 Å². The van der Waals surface area contributed by atoms with Crippen molar-refractivity contribution in [3.63, 3.8) is 0 Å². The largest absolute Gasteiger partial charge is 0.361 e. The lowest BCUT2D eigenvalue weighted by molar-refractivity contribution is 0.0926. The minimum atomic E-state index is 0.0172. The molecule has 0 unspecified atom stereocenters. The van der Waals surface area contributed by atoms with Crippen molar-refractivity contribution in [1.29, 1.82) is 0 Å². The number of benzene rings is 1. The van der Waals surface area contributed by atoms with Crippen LogP contribution >= 0.6 is 0 Å². The molecule has 1 aromatic carbocycles. The van der Waals surface area contributed by atoms with E-state index in [9.17, 15) is 4.79 Å². The Hall–Kier alpha value is -1.81. The molecule has 1 aliphatic carbocycles. The molecule has 1 heterocycles. The Bertz CT molecular complexity index is 582. The minimum absolute atomic E-state index is 0.0172. The predicted molar refractivity (Wildman–Crippen MR) is 76.0 cm³/mol. The maximum Gasteiger partial charge on any atom is 0.251 e. The van der Waals surface area contributed by atoms with E-state index in [1.165, 1.54) is 0 Å². The van der Waals surface area contributed by atoms with Crippen LogP contribution in [0.4, 0.5) is 0 Å². The number of hydrogen-bond donors (Lipinski definition) is 3. The van der Waals surface area contributed by atoms with Crippen LogP contribution in [-0.2, 0) is 0 Å². The number of carbonyl (C=O) groups is 1. The molecular weight excluding hydrogens is 238 g/mol. The normalized spacial score (nSPS) is 23.4. The van der Waals surface area contributed by atoms with Gasteiger partial charge in [-0.05, 0) is 49.9 Å². The van der Waals surface area contributed by atoms with E-state index in [-0.39, 0.29) is 11.9 Å². The molecule has 0 atom stereocenters. The number of aromatic nitrogens is 1. The Morgan fingerprint density at radius 2 is 2.00 bits per heavy atom. The Morgan fingerprint density at radius 3 is 2.79 bits per heavy atom. The fourth-order valence-corrected chi connectivity index (χ4v) is 2.73. The number of fused-ring (bicyclic) bond motifs is 1. The number of rotatable bonds is 2. The summed E-state index contributed by atoms with van der Waals surface area (Å²) in [6.45, 7) is 0. The second kappa shape index (κ2) is 5.05. The summed E-state index contributed by atoms with van der Waals surface area (Å²) >= 11 is 0. The molecule has 1 aliphatic rings. The van der Waals surface area contributed by atoms with Gasteiger partial charge in [0.05, 0.1) is 0 Å². The van der Waals surface area contributed by atoms with Crippen molar-refractivity contribution in [2.45, 2.75) is 37.8 Å². The molecule has 1 amide bonds. The van der Waals surface area contributed by atoms with Crippen LogP contribution in [0.3, 0.4) is 0 Å². The first kappa shape index (κ1) is 12.2. The van der Waals surface area contributed by atoms with Crippen molar-refractivity contribution < 1.29 is 4.79 Å². The molecule has 0 aliphatic heterocycles. The summed E-state index contributed by atoms with van der Waals surface area (Å²) in [4.78, 5) is 15.3. The van der Waals surface area contributed by atoms with Gasteiger partial charge in [0, 0.05) is 34.7 Å². The highest BCUT2D eigenvalue weighted by Crippen LogP contribution is 2.18. The monoisotopic (exact) mass is 257 g/mol. The fourth-order valence-electron chi connectivity index (χ4n) is 2.73. The van der Waals surface area contributed by atoms with Crippen LogP contribution in [0.1, 0.15) is 36.0 Å². The number of carbonyl (C=O) groups excluding carboxylic acids is 1. The molecule has 0 radical (unpaired) electrons. The van der Waals surface area contributed by atoms with E-state index in [2.05, 4.69) is 10.3 Å². The maximum atomic E-state index is 12.2. The summed E-state index contributed by atoms with van der Waals surface area (Å²) < 4.78 is 0. The van der Waals surface area contributed by atoms with Crippen molar-refractivity contribution in [3.05, 3.63) is 36.0 Å². The number of nitrogens with one attached hydrogen (secondary N) is 2. The van der Waals surface area contributed by atoms with E-state index in [1.54, 1.807) is 0 Å². The molecule has 0 saturated heterocycles. The van der Waals surface area contributed by atoms with Crippen molar-refractivity contribution >= 4 is 16.8 Å². The number of nitrogens with two attached hydrogens (primary N) is 1. The quantitative estimate of drug-likeness (QED) is 0.771. The second-order valence-electron chi connectivity index (χ2n) is 5.36. The number of aromatic amines is 1. The van der Waals surface area contributed by atoms with Crippen molar-refractivity contribution in [2.75, 3.05) is 0 Å². The van der Waals surface area contributed by atoms with Gasteiger partial charge in [0.15, 0.2) is 0 Å². The molecule has 0 bridgehead atoms. The lowest BCUT2D eigenvalue weighted by atomic mass is 9.91. The van der Waals surface area contributed by atoms with Crippen LogP contribution in [0.15, 0.2) is 30.5 Å². The van der Waals surface area contributed by atoms with Gasteiger partial charge in [-0.2, -0.15) is 0 Å². The van der Waals surface area contributed by atoms with E-state index in [0.717, 1.165) is 42.1 Å². The Kier molecular flexibility index (Phi) is 3.25. The van der Waals surface area contributed by atoms with Crippen LogP contribution in [-0.4, -0.2) is 23.0 Å². The zero-order valence-corrected chi connectivity index (χ0v) is 10.9. The zero-order chi connectivity index (χ0) is 13.2. The summed E-state index contributed by atoms with van der Waals surface area (Å²) in [7, 11) is 0. The first-order chi connectivity index (χ1) is 9.22. The molecule has 3 rings (SSSR count). The molecule has 4 N–H and O–H groups in total. The van der Waals surface area contributed by atoms with E-state index in [1.807, 2.05) is 30.5 Å². The third kappa shape index (κ3) is 2.63.